The van der Waals surface area contributed by atoms with Crippen LogP contribution in [0, 0.1) is 6.92 Å². The summed E-state index contributed by atoms with van der Waals surface area (Å²) >= 11 is 1.01. The second-order valence-electron chi connectivity index (χ2n) is 16.2. The van der Waals surface area contributed by atoms with Crippen LogP contribution in [0.5, 0.6) is 17.2 Å². The smallest absolute Gasteiger partial charge is 0.261 e. The number of amides is 3. The predicted molar refractivity (Wildman–Crippen MR) is 245 cm³/mol. The van der Waals surface area contributed by atoms with Crippen LogP contribution in [0.2, 0.25) is 0 Å². The summed E-state index contributed by atoms with van der Waals surface area (Å²) in [5.74, 6) is 0.924. The summed E-state index contributed by atoms with van der Waals surface area (Å²) in [5, 5.41) is -0.242. The molecule has 0 N–H and O–H groups in total. The molecule has 0 fully saturated rings. The zero-order valence-electron chi connectivity index (χ0n) is 35.7. The maximum Gasteiger partial charge on any atom is 0.261 e. The molecule has 0 unspecified atom stereocenters. The van der Waals surface area contributed by atoms with Crippen LogP contribution in [-0.2, 0) is 46.8 Å². The molecule has 0 spiro atoms. The monoisotopic (exact) mass is 864 g/mol. The van der Waals surface area contributed by atoms with Crippen molar-refractivity contribution in [3.05, 3.63) is 136 Å². The lowest BCUT2D eigenvalue weighted by Gasteiger charge is -2.24. The lowest BCUT2D eigenvalue weighted by molar-refractivity contribution is -0.123. The third-order valence-electron chi connectivity index (χ3n) is 12.3. The number of thioether (sulfide) groups is 1. The van der Waals surface area contributed by atoms with E-state index in [-0.39, 0.29) is 67.7 Å². The maximum absolute atomic E-state index is 14.0. The summed E-state index contributed by atoms with van der Waals surface area (Å²) < 4.78 is 24.2. The Labute approximate surface area is 370 Å². The van der Waals surface area contributed by atoms with Crippen molar-refractivity contribution < 1.29 is 38.1 Å². The average Bonchev–Trinajstić information content (AvgIpc) is 3.79. The zero-order chi connectivity index (χ0) is 43.8. The number of carbonyl (C=O) groups excluding carboxylic acids is 4. The van der Waals surface area contributed by atoms with Crippen molar-refractivity contribution in [3.8, 4) is 17.2 Å². The number of hydrogen-bond donors (Lipinski definition) is 0. The molecule has 0 saturated carbocycles. The molecule has 12 nitrogen and oxygen atoms in total. The van der Waals surface area contributed by atoms with E-state index in [1.165, 1.54) is 12.7 Å². The molecule has 63 heavy (non-hydrogen) atoms. The lowest BCUT2D eigenvalue weighted by atomic mass is 9.98. The van der Waals surface area contributed by atoms with E-state index in [2.05, 4.69) is 6.07 Å². The van der Waals surface area contributed by atoms with Crippen LogP contribution in [-0.4, -0.2) is 74.8 Å². The molecule has 0 aromatic heterocycles. The number of nitrogens with zero attached hydrogens (tertiary/aromatic N) is 4. The van der Waals surface area contributed by atoms with Crippen molar-refractivity contribution in [1.82, 2.24) is 0 Å². The molecular formula is C50H48N4O8S. The van der Waals surface area contributed by atoms with Gasteiger partial charge >= 0.3 is 0 Å². The Morgan fingerprint density at radius 1 is 0.778 bits per heavy atom. The van der Waals surface area contributed by atoms with Gasteiger partial charge in [-0.15, -0.1) is 0 Å². The van der Waals surface area contributed by atoms with Crippen LogP contribution in [0.3, 0.4) is 0 Å². The minimum atomic E-state index is -0.358. The minimum Gasteiger partial charge on any atom is -0.493 e. The molecule has 5 aromatic carbocycles. The molecule has 322 valence electrons. The molecule has 4 aliphatic heterocycles. The van der Waals surface area contributed by atoms with E-state index in [1.54, 1.807) is 35.3 Å². The van der Waals surface area contributed by atoms with Gasteiger partial charge in [0.1, 0.15) is 19.0 Å². The van der Waals surface area contributed by atoms with Crippen molar-refractivity contribution in [2.75, 3.05) is 48.3 Å². The summed E-state index contributed by atoms with van der Waals surface area (Å²) in [4.78, 5) is 64.3. The van der Waals surface area contributed by atoms with E-state index in [0.717, 1.165) is 70.2 Å². The second-order valence-corrected chi connectivity index (χ2v) is 17.1. The highest BCUT2D eigenvalue weighted by molar-refractivity contribution is 8.13. The topological polar surface area (TPSA) is 127 Å². The third kappa shape index (κ3) is 8.18. The Kier molecular flexibility index (Phi) is 11.8. The number of aliphatic imine (C=N–C) groups is 1. The zero-order valence-corrected chi connectivity index (χ0v) is 36.5. The summed E-state index contributed by atoms with van der Waals surface area (Å²) in [5.41, 5.74) is 9.57. The van der Waals surface area contributed by atoms with Gasteiger partial charge in [-0.1, -0.05) is 48.2 Å². The van der Waals surface area contributed by atoms with E-state index >= 15 is 0 Å². The number of benzene rings is 5. The number of aryl methyl sites for hydroxylation is 2. The fourth-order valence-electron chi connectivity index (χ4n) is 9.16. The number of hydrogen-bond acceptors (Lipinski definition) is 10. The third-order valence-corrected chi connectivity index (χ3v) is 12.9. The van der Waals surface area contributed by atoms with E-state index < -0.39 is 0 Å². The van der Waals surface area contributed by atoms with Crippen LogP contribution < -0.4 is 28.9 Å². The van der Waals surface area contributed by atoms with E-state index in [1.807, 2.05) is 90.8 Å². The largest absolute Gasteiger partial charge is 0.493 e. The van der Waals surface area contributed by atoms with Gasteiger partial charge in [0, 0.05) is 61.0 Å². The van der Waals surface area contributed by atoms with Crippen LogP contribution in [0.25, 0.3) is 0 Å². The van der Waals surface area contributed by atoms with Crippen molar-refractivity contribution in [2.45, 2.75) is 64.3 Å². The number of rotatable bonds is 13. The van der Waals surface area contributed by atoms with Gasteiger partial charge in [-0.05, 0) is 114 Å². The van der Waals surface area contributed by atoms with Crippen molar-refractivity contribution in [1.29, 1.82) is 0 Å². The van der Waals surface area contributed by atoms with Gasteiger partial charge in [0.2, 0.25) is 5.91 Å². The summed E-state index contributed by atoms with van der Waals surface area (Å²) in [6.45, 7) is 2.62. The predicted octanol–water partition coefficient (Wildman–Crippen LogP) is 8.23. The molecule has 4 aliphatic rings. The lowest BCUT2D eigenvalue weighted by Crippen LogP contribution is -2.37. The number of para-hydroxylation sites is 2. The molecule has 13 heteroatoms. The molecule has 2 atom stereocenters. The standard InChI is InChI=1S/C50H48N4O8S/c1-30-17-39-33(13-14-36-21-34-9-5-7-11-42(34)53(36)49(39)57)23-44(30)61-28-31-18-32(20-37(19-31)52(15-16-59-2)47(55)26-48(56)63-4)29-62-46-25-41-40(24-45(46)60-3)50(58)54-38(27-51-41)22-35-10-6-8-12-43(35)54/h5-12,17-20,23-25,27,36,38H,13-16,21-22,26,28-29H2,1-4H3/t36-,38+/m1/s1. The Bertz CT molecular complexity index is 2680. The number of anilines is 3. The van der Waals surface area contributed by atoms with E-state index in [0.29, 0.717) is 46.2 Å². The van der Waals surface area contributed by atoms with Crippen molar-refractivity contribution >= 4 is 63.6 Å². The maximum atomic E-state index is 14.0. The van der Waals surface area contributed by atoms with E-state index in [9.17, 15) is 19.2 Å². The highest BCUT2D eigenvalue weighted by Gasteiger charge is 2.38. The number of ether oxygens (including phenoxy) is 4. The molecule has 0 bridgehead atoms. The van der Waals surface area contributed by atoms with Gasteiger partial charge in [-0.25, -0.2) is 0 Å². The quantitative estimate of drug-likeness (QED) is 0.108. The molecule has 4 heterocycles. The average molecular weight is 865 g/mol. The summed E-state index contributed by atoms with van der Waals surface area (Å²) in [6, 6.07) is 29.0. The van der Waals surface area contributed by atoms with Gasteiger partial charge in [0.05, 0.1) is 37.4 Å². The van der Waals surface area contributed by atoms with Crippen molar-refractivity contribution in [3.63, 3.8) is 0 Å². The molecule has 0 aliphatic carbocycles. The first kappa shape index (κ1) is 41.9. The van der Waals surface area contributed by atoms with Gasteiger partial charge in [0.15, 0.2) is 16.6 Å². The van der Waals surface area contributed by atoms with Gasteiger partial charge in [0.25, 0.3) is 11.8 Å². The SMILES string of the molecule is COCCN(C(=O)CC(=O)SC)c1cc(COc2cc3c(cc2C)C(=O)N2c4ccccc4C[C@H]2CC3)cc(COc2cc3c(cc2OC)C(=O)N2c4ccccc4C[C@H]2C=N3)c1. The first-order valence-electron chi connectivity index (χ1n) is 21.1. The first-order valence-corrected chi connectivity index (χ1v) is 22.3. The van der Waals surface area contributed by atoms with Crippen LogP contribution in [0.4, 0.5) is 22.7 Å². The molecule has 0 saturated heterocycles. The molecule has 9 rings (SSSR count). The van der Waals surface area contributed by atoms with E-state index in [4.69, 9.17) is 23.9 Å². The second kappa shape index (κ2) is 17.7. The Morgan fingerprint density at radius 3 is 2.17 bits per heavy atom. The van der Waals surface area contributed by atoms with Gasteiger partial charge < -0.3 is 28.7 Å². The van der Waals surface area contributed by atoms with Crippen LogP contribution in [0.1, 0.15) is 66.9 Å². The number of fused-ring (bicyclic) bond motifs is 8. The highest BCUT2D eigenvalue weighted by Crippen LogP contribution is 2.42. The Morgan fingerprint density at radius 2 is 1.46 bits per heavy atom. The number of methoxy groups -OCH3 is 2. The molecule has 5 aromatic rings. The summed E-state index contributed by atoms with van der Waals surface area (Å²) in [7, 11) is 3.09. The molecular weight excluding hydrogens is 817 g/mol. The molecule has 0 radical (unpaired) electrons. The first-order chi connectivity index (χ1) is 30.6. The van der Waals surface area contributed by atoms with Crippen LogP contribution >= 0.6 is 11.8 Å². The fourth-order valence-corrected chi connectivity index (χ4v) is 9.43. The summed E-state index contributed by atoms with van der Waals surface area (Å²) in [6.07, 6.45) is 6.31. The van der Waals surface area contributed by atoms with Gasteiger partial charge in [-0.3, -0.25) is 29.1 Å². The Hall–Kier alpha value is -6.44. The van der Waals surface area contributed by atoms with Gasteiger partial charge in [-0.2, -0.15) is 0 Å². The number of carbonyl (C=O) groups is 4. The highest BCUT2D eigenvalue weighted by atomic mass is 32.2. The normalized spacial score (nSPS) is 16.8. The van der Waals surface area contributed by atoms with Crippen molar-refractivity contribution in [2.24, 2.45) is 4.99 Å². The minimum absolute atomic E-state index is 0.0147. The fraction of sp³-hybridized carbons (Fsp3) is 0.300. The molecule has 3 amide bonds. The van der Waals surface area contributed by atoms with Crippen LogP contribution in [0.15, 0.2) is 96.0 Å². The Balaban J connectivity index is 1.00.